The minimum atomic E-state index is -0.292. The Kier molecular flexibility index (Phi) is 3.96. The van der Waals surface area contributed by atoms with E-state index in [1.165, 1.54) is 4.90 Å². The molecule has 18 heavy (non-hydrogen) atoms. The third-order valence-corrected chi connectivity index (χ3v) is 3.23. The van der Waals surface area contributed by atoms with Crippen molar-refractivity contribution < 1.29 is 14.4 Å². The van der Waals surface area contributed by atoms with E-state index in [0.29, 0.717) is 11.1 Å². The third kappa shape index (κ3) is 3.08. The van der Waals surface area contributed by atoms with Crippen LogP contribution in [0.2, 0.25) is 0 Å². The van der Waals surface area contributed by atoms with Gasteiger partial charge in [-0.05, 0) is 30.7 Å². The summed E-state index contributed by atoms with van der Waals surface area (Å²) in [5.74, 6) is -0.292. The molecule has 1 heterocycles. The van der Waals surface area contributed by atoms with Crippen LogP contribution in [0.4, 0.5) is 0 Å². The molecule has 1 N–H and O–H groups in total. The highest BCUT2D eigenvalue weighted by atomic mass is 16.5. The molecular weight excluding hydrogens is 228 g/mol. The molecule has 2 rings (SSSR count). The van der Waals surface area contributed by atoms with Gasteiger partial charge in [0.05, 0.1) is 30.8 Å². The van der Waals surface area contributed by atoms with Crippen molar-refractivity contribution in [3.63, 3.8) is 0 Å². The van der Waals surface area contributed by atoms with Crippen molar-refractivity contribution in [1.82, 2.24) is 0 Å². The Morgan fingerprint density at radius 3 is 2.78 bits per heavy atom. The van der Waals surface area contributed by atoms with E-state index >= 15 is 0 Å². The van der Waals surface area contributed by atoms with E-state index in [1.807, 2.05) is 6.07 Å². The summed E-state index contributed by atoms with van der Waals surface area (Å²) < 4.78 is 5.48. The molecule has 4 nitrogen and oxygen atoms in total. The van der Waals surface area contributed by atoms with Crippen molar-refractivity contribution in [2.45, 2.75) is 18.9 Å². The number of nitriles is 1. The maximum atomic E-state index is 11.9. The molecule has 1 aromatic rings. The molecule has 0 amide bonds. The molecule has 94 valence electrons. The van der Waals surface area contributed by atoms with Crippen molar-refractivity contribution >= 4 is 5.97 Å². The van der Waals surface area contributed by atoms with E-state index in [4.69, 9.17) is 10.00 Å². The number of piperidine rings is 1. The smallest absolute Gasteiger partial charge is 0.338 e. The Bertz CT molecular complexity index is 462. The summed E-state index contributed by atoms with van der Waals surface area (Å²) in [6, 6.07) is 8.57. The van der Waals surface area contributed by atoms with Crippen LogP contribution >= 0.6 is 0 Å². The van der Waals surface area contributed by atoms with Crippen molar-refractivity contribution in [3.05, 3.63) is 35.4 Å². The minimum Gasteiger partial charge on any atom is -0.453 e. The first-order valence-corrected chi connectivity index (χ1v) is 6.21. The van der Waals surface area contributed by atoms with E-state index < -0.39 is 0 Å². The number of hydrogen-bond donors (Lipinski definition) is 1. The van der Waals surface area contributed by atoms with Crippen molar-refractivity contribution in [3.8, 4) is 6.07 Å². The van der Waals surface area contributed by atoms with E-state index in [2.05, 4.69) is 7.05 Å². The fourth-order valence-corrected chi connectivity index (χ4v) is 2.23. The second kappa shape index (κ2) is 5.65. The number of likely N-dealkylation sites (tertiary alicyclic amines) is 1. The molecule has 1 aliphatic rings. The monoisotopic (exact) mass is 245 g/mol. The van der Waals surface area contributed by atoms with Crippen LogP contribution in [-0.2, 0) is 4.74 Å². The van der Waals surface area contributed by atoms with Gasteiger partial charge in [0.2, 0.25) is 0 Å². The second-order valence-electron chi connectivity index (χ2n) is 4.77. The topological polar surface area (TPSA) is 54.5 Å². The second-order valence-corrected chi connectivity index (χ2v) is 4.77. The van der Waals surface area contributed by atoms with Gasteiger partial charge in [-0.25, -0.2) is 4.79 Å². The predicted molar refractivity (Wildman–Crippen MR) is 66.2 cm³/mol. The van der Waals surface area contributed by atoms with E-state index in [9.17, 15) is 4.79 Å². The molecule has 1 fully saturated rings. The van der Waals surface area contributed by atoms with E-state index in [-0.39, 0.29) is 12.1 Å². The van der Waals surface area contributed by atoms with Crippen LogP contribution in [0.1, 0.15) is 28.8 Å². The van der Waals surface area contributed by atoms with Gasteiger partial charge in [0.15, 0.2) is 6.10 Å². The summed E-state index contributed by atoms with van der Waals surface area (Å²) >= 11 is 0. The number of carbonyl (C=O) groups is 1. The molecule has 0 saturated carbocycles. The fraction of sp³-hybridized carbons (Fsp3) is 0.429. The lowest BCUT2D eigenvalue weighted by molar-refractivity contribution is -0.888. The van der Waals surface area contributed by atoms with Crippen LogP contribution in [0.5, 0.6) is 0 Å². The number of carbonyl (C=O) groups excluding carboxylic acids is 1. The Morgan fingerprint density at radius 2 is 2.17 bits per heavy atom. The quantitative estimate of drug-likeness (QED) is 0.767. The van der Waals surface area contributed by atoms with Crippen LogP contribution in [0.25, 0.3) is 0 Å². The summed E-state index contributed by atoms with van der Waals surface area (Å²) in [5, 5.41) is 8.69. The summed E-state index contributed by atoms with van der Waals surface area (Å²) in [6.45, 7) is 2.02. The summed E-state index contributed by atoms with van der Waals surface area (Å²) in [7, 11) is 2.11. The zero-order valence-corrected chi connectivity index (χ0v) is 10.5. The van der Waals surface area contributed by atoms with Crippen LogP contribution in [0.3, 0.4) is 0 Å². The zero-order chi connectivity index (χ0) is 13.0. The number of hydrogen-bond acceptors (Lipinski definition) is 3. The molecule has 0 radical (unpaired) electrons. The van der Waals surface area contributed by atoms with Gasteiger partial charge in [-0.1, -0.05) is 0 Å². The first-order chi connectivity index (χ1) is 8.69. The largest absolute Gasteiger partial charge is 0.453 e. The molecule has 0 bridgehead atoms. The van der Waals surface area contributed by atoms with Gasteiger partial charge in [-0.15, -0.1) is 0 Å². The summed E-state index contributed by atoms with van der Waals surface area (Å²) in [4.78, 5) is 13.3. The summed E-state index contributed by atoms with van der Waals surface area (Å²) in [5.41, 5.74) is 1.06. The first-order valence-electron chi connectivity index (χ1n) is 6.21. The SMILES string of the molecule is C[NH+]1CCC[C@@H](OC(=O)c2ccc(C#N)cc2)C1. The van der Waals surface area contributed by atoms with Crippen LogP contribution in [0, 0.1) is 11.3 Å². The molecule has 4 heteroatoms. The number of rotatable bonds is 2. The number of quaternary nitrogens is 1. The van der Waals surface area contributed by atoms with Gasteiger partial charge in [0, 0.05) is 6.42 Å². The van der Waals surface area contributed by atoms with Crippen LogP contribution in [-0.4, -0.2) is 32.2 Å². The fourth-order valence-electron chi connectivity index (χ4n) is 2.23. The standard InChI is InChI=1S/C14H16N2O2/c1-16-8-2-3-13(10-16)18-14(17)12-6-4-11(9-15)5-7-12/h4-7,13H,2-3,8,10H2,1H3/p+1/t13-/m1/s1. The van der Waals surface area contributed by atoms with Gasteiger partial charge < -0.3 is 9.64 Å². The van der Waals surface area contributed by atoms with Crippen LogP contribution < -0.4 is 4.90 Å². The molecule has 1 unspecified atom stereocenters. The Balaban J connectivity index is 1.96. The van der Waals surface area contributed by atoms with Gasteiger partial charge >= 0.3 is 5.97 Å². The summed E-state index contributed by atoms with van der Waals surface area (Å²) in [6.07, 6.45) is 2.05. The van der Waals surface area contributed by atoms with Gasteiger partial charge in [-0.3, -0.25) is 0 Å². The number of nitrogens with one attached hydrogen (secondary N) is 1. The lowest BCUT2D eigenvalue weighted by Gasteiger charge is -2.26. The lowest BCUT2D eigenvalue weighted by Crippen LogP contribution is -3.11. The molecule has 1 aromatic carbocycles. The predicted octanol–water partition coefficient (Wildman–Crippen LogP) is 0.392. The number of esters is 1. The van der Waals surface area contributed by atoms with Gasteiger partial charge in [0.1, 0.15) is 6.54 Å². The zero-order valence-electron chi connectivity index (χ0n) is 10.5. The molecule has 1 saturated heterocycles. The number of ether oxygens (including phenoxy) is 1. The normalized spacial score (nSPS) is 23.1. The lowest BCUT2D eigenvalue weighted by atomic mass is 10.1. The maximum Gasteiger partial charge on any atom is 0.338 e. The Hall–Kier alpha value is -1.86. The van der Waals surface area contributed by atoms with E-state index in [0.717, 1.165) is 25.9 Å². The number of likely N-dealkylation sites (N-methyl/N-ethyl adjacent to an activating group) is 1. The van der Waals surface area contributed by atoms with Crippen molar-refractivity contribution in [2.75, 3.05) is 20.1 Å². The highest BCUT2D eigenvalue weighted by molar-refractivity contribution is 5.89. The minimum absolute atomic E-state index is 0.0156. The Labute approximate surface area is 107 Å². The van der Waals surface area contributed by atoms with Gasteiger partial charge in [0.25, 0.3) is 0 Å². The first kappa shape index (κ1) is 12.6. The van der Waals surface area contributed by atoms with Crippen molar-refractivity contribution in [2.24, 2.45) is 0 Å². The molecular formula is C14H17N2O2+. The maximum absolute atomic E-state index is 11.9. The highest BCUT2D eigenvalue weighted by Crippen LogP contribution is 2.09. The molecule has 0 aromatic heterocycles. The number of benzene rings is 1. The average Bonchev–Trinajstić information content (AvgIpc) is 2.39. The Morgan fingerprint density at radius 1 is 1.44 bits per heavy atom. The van der Waals surface area contributed by atoms with Crippen molar-refractivity contribution in [1.29, 1.82) is 5.26 Å². The average molecular weight is 245 g/mol. The van der Waals surface area contributed by atoms with Gasteiger partial charge in [-0.2, -0.15) is 5.26 Å². The molecule has 2 atom stereocenters. The van der Waals surface area contributed by atoms with Crippen LogP contribution in [0.15, 0.2) is 24.3 Å². The third-order valence-electron chi connectivity index (χ3n) is 3.23. The molecule has 1 aliphatic heterocycles. The molecule has 0 aliphatic carbocycles. The highest BCUT2D eigenvalue weighted by Gasteiger charge is 2.24. The van der Waals surface area contributed by atoms with E-state index in [1.54, 1.807) is 24.3 Å². The molecule has 0 spiro atoms. The number of nitrogens with zero attached hydrogens (tertiary/aromatic N) is 1.